The van der Waals surface area contributed by atoms with E-state index in [-0.39, 0.29) is 0 Å². The van der Waals surface area contributed by atoms with E-state index in [9.17, 15) is 4.79 Å². The first kappa shape index (κ1) is 11.2. The van der Waals surface area contributed by atoms with Crippen molar-refractivity contribution in [2.24, 2.45) is 0 Å². The van der Waals surface area contributed by atoms with Crippen LogP contribution >= 0.6 is 0 Å². The summed E-state index contributed by atoms with van der Waals surface area (Å²) in [7, 11) is 0. The van der Waals surface area contributed by atoms with Crippen molar-refractivity contribution in [1.82, 2.24) is 0 Å². The largest absolute Gasteiger partial charge is 0.468 e. The van der Waals surface area contributed by atoms with Crippen molar-refractivity contribution in [1.29, 1.82) is 0 Å². The van der Waals surface area contributed by atoms with Crippen LogP contribution in [0.15, 0.2) is 12.2 Å². The molecule has 0 N–H and O–H groups in total. The Morgan fingerprint density at radius 3 is 2.67 bits per heavy atom. The van der Waals surface area contributed by atoms with Gasteiger partial charge in [-0.05, 0) is 32.1 Å². The Labute approximate surface area is 74.6 Å². The zero-order valence-electron chi connectivity index (χ0n) is 7.79. The van der Waals surface area contributed by atoms with Gasteiger partial charge >= 0.3 is 0 Å². The molecule has 2 nitrogen and oxygen atoms in total. The van der Waals surface area contributed by atoms with Crippen LogP contribution in [0.1, 0.15) is 39.0 Å². The molecule has 0 bridgehead atoms. The normalized spacial score (nSPS) is 10.4. The lowest BCUT2D eigenvalue weighted by molar-refractivity contribution is -0.128. The molecule has 0 aromatic heterocycles. The molecule has 0 aromatic rings. The zero-order valence-corrected chi connectivity index (χ0v) is 7.79. The molecule has 0 rings (SSSR count). The Morgan fingerprint density at radius 1 is 1.17 bits per heavy atom. The van der Waals surface area contributed by atoms with Crippen LogP contribution in [0.4, 0.5) is 0 Å². The molecule has 0 aliphatic carbocycles. The molecule has 0 aliphatic heterocycles. The molecular formula is C10H18O2. The summed E-state index contributed by atoms with van der Waals surface area (Å²) < 4.78 is 4.56. The van der Waals surface area contributed by atoms with Gasteiger partial charge in [-0.1, -0.05) is 19.1 Å². The highest BCUT2D eigenvalue weighted by atomic mass is 16.5. The molecule has 0 heterocycles. The van der Waals surface area contributed by atoms with Gasteiger partial charge in [0.1, 0.15) is 0 Å². The first-order valence-corrected chi connectivity index (χ1v) is 4.62. The Balaban J connectivity index is 2.90. The third-order valence-corrected chi connectivity index (χ3v) is 1.60. The van der Waals surface area contributed by atoms with Gasteiger partial charge in [0, 0.05) is 0 Å². The van der Waals surface area contributed by atoms with Crippen molar-refractivity contribution in [3.05, 3.63) is 12.2 Å². The van der Waals surface area contributed by atoms with E-state index in [0.29, 0.717) is 13.1 Å². The smallest absolute Gasteiger partial charge is 0.293 e. The lowest BCUT2D eigenvalue weighted by Gasteiger charge is -1.96. The Morgan fingerprint density at radius 2 is 2.00 bits per heavy atom. The highest BCUT2D eigenvalue weighted by molar-refractivity contribution is 5.36. The number of unbranched alkanes of at least 4 members (excludes halogenated alkanes) is 3. The summed E-state index contributed by atoms with van der Waals surface area (Å²) >= 11 is 0. The van der Waals surface area contributed by atoms with Crippen molar-refractivity contribution in [3.63, 3.8) is 0 Å². The van der Waals surface area contributed by atoms with Crippen LogP contribution in [-0.4, -0.2) is 13.1 Å². The third kappa shape index (κ3) is 9.21. The molecule has 2 heteroatoms. The highest BCUT2D eigenvalue weighted by Gasteiger charge is 1.87. The number of carbonyl (C=O) groups excluding carboxylic acids is 1. The van der Waals surface area contributed by atoms with Crippen molar-refractivity contribution < 1.29 is 9.53 Å². The molecule has 0 fully saturated rings. The van der Waals surface area contributed by atoms with Gasteiger partial charge in [-0.15, -0.1) is 0 Å². The van der Waals surface area contributed by atoms with Gasteiger partial charge < -0.3 is 4.74 Å². The Bertz CT molecular complexity index is 119. The maximum Gasteiger partial charge on any atom is 0.293 e. The number of allylic oxidation sites excluding steroid dienone is 2. The van der Waals surface area contributed by atoms with Crippen LogP contribution in [0.25, 0.3) is 0 Å². The third-order valence-electron chi connectivity index (χ3n) is 1.60. The minimum Gasteiger partial charge on any atom is -0.468 e. The summed E-state index contributed by atoms with van der Waals surface area (Å²) in [6.07, 6.45) is 9.98. The second kappa shape index (κ2) is 10.2. The average Bonchev–Trinajstić information content (AvgIpc) is 2.10. The maximum absolute atomic E-state index is 9.75. The second-order valence-corrected chi connectivity index (χ2v) is 2.70. The van der Waals surface area contributed by atoms with Crippen molar-refractivity contribution in [2.75, 3.05) is 6.61 Å². The molecule has 0 saturated heterocycles. The quantitative estimate of drug-likeness (QED) is 0.318. The van der Waals surface area contributed by atoms with Crippen LogP contribution < -0.4 is 0 Å². The second-order valence-electron chi connectivity index (χ2n) is 2.70. The van der Waals surface area contributed by atoms with Gasteiger partial charge in [0.2, 0.25) is 0 Å². The van der Waals surface area contributed by atoms with E-state index in [1.54, 1.807) is 0 Å². The minimum atomic E-state index is 0.511. The molecule has 0 radical (unpaired) electrons. The van der Waals surface area contributed by atoms with E-state index in [1.807, 2.05) is 0 Å². The monoisotopic (exact) mass is 170 g/mol. The molecule has 0 amide bonds. The van der Waals surface area contributed by atoms with Gasteiger partial charge in [-0.25, -0.2) is 0 Å². The number of ether oxygens (including phenoxy) is 1. The van der Waals surface area contributed by atoms with E-state index in [1.165, 1.54) is 6.42 Å². The first-order valence-electron chi connectivity index (χ1n) is 4.62. The van der Waals surface area contributed by atoms with E-state index >= 15 is 0 Å². The lowest BCUT2D eigenvalue weighted by Crippen LogP contribution is -1.90. The highest BCUT2D eigenvalue weighted by Crippen LogP contribution is 2.00. The van der Waals surface area contributed by atoms with Gasteiger partial charge in [-0.2, -0.15) is 0 Å². The molecule has 0 unspecified atom stereocenters. The fourth-order valence-corrected chi connectivity index (χ4v) is 0.957. The number of rotatable bonds is 8. The van der Waals surface area contributed by atoms with Crippen LogP contribution in [0, 0.1) is 0 Å². The molecule has 0 atom stereocenters. The van der Waals surface area contributed by atoms with E-state index in [4.69, 9.17) is 0 Å². The Kier molecular flexibility index (Phi) is 9.54. The summed E-state index contributed by atoms with van der Waals surface area (Å²) in [5.41, 5.74) is 0. The molecule has 70 valence electrons. The van der Waals surface area contributed by atoms with E-state index in [2.05, 4.69) is 23.8 Å². The standard InChI is InChI=1S/C10H18O2/c1-2-3-4-5-6-7-8-9-12-10-11/h3-4,10H,2,5-9H2,1H3. The average molecular weight is 170 g/mol. The fourth-order valence-electron chi connectivity index (χ4n) is 0.957. The van der Waals surface area contributed by atoms with Crippen LogP contribution in [-0.2, 0) is 9.53 Å². The van der Waals surface area contributed by atoms with Crippen LogP contribution in [0.3, 0.4) is 0 Å². The topological polar surface area (TPSA) is 26.3 Å². The predicted octanol–water partition coefficient (Wildman–Crippen LogP) is 2.69. The molecule has 0 aromatic carbocycles. The summed E-state index contributed by atoms with van der Waals surface area (Å²) in [5.74, 6) is 0. The summed E-state index contributed by atoms with van der Waals surface area (Å²) in [6, 6.07) is 0. The van der Waals surface area contributed by atoms with Gasteiger partial charge in [0.15, 0.2) is 0 Å². The number of hydrogen-bond donors (Lipinski definition) is 0. The van der Waals surface area contributed by atoms with E-state index < -0.39 is 0 Å². The van der Waals surface area contributed by atoms with Crippen molar-refractivity contribution >= 4 is 6.47 Å². The van der Waals surface area contributed by atoms with Crippen molar-refractivity contribution in [2.45, 2.75) is 39.0 Å². The first-order chi connectivity index (χ1) is 5.91. The van der Waals surface area contributed by atoms with Crippen LogP contribution in [0.2, 0.25) is 0 Å². The summed E-state index contributed by atoms with van der Waals surface area (Å²) in [4.78, 5) is 9.75. The molecule has 0 saturated carbocycles. The number of hydrogen-bond acceptors (Lipinski definition) is 2. The van der Waals surface area contributed by atoms with Gasteiger partial charge in [0.05, 0.1) is 6.61 Å². The molecule has 0 aliphatic rings. The SMILES string of the molecule is CCC=CCCCCCOC=O. The predicted molar refractivity (Wildman–Crippen MR) is 49.9 cm³/mol. The lowest BCUT2D eigenvalue weighted by atomic mass is 10.2. The Hall–Kier alpha value is -0.790. The maximum atomic E-state index is 9.75. The number of carbonyl (C=O) groups is 1. The zero-order chi connectivity index (χ0) is 9.07. The fraction of sp³-hybridized carbons (Fsp3) is 0.700. The summed E-state index contributed by atoms with van der Waals surface area (Å²) in [5, 5.41) is 0. The molecular weight excluding hydrogens is 152 g/mol. The molecule has 12 heavy (non-hydrogen) atoms. The van der Waals surface area contributed by atoms with Crippen LogP contribution in [0.5, 0.6) is 0 Å². The van der Waals surface area contributed by atoms with Gasteiger partial charge in [-0.3, -0.25) is 4.79 Å². The van der Waals surface area contributed by atoms with Gasteiger partial charge in [0.25, 0.3) is 6.47 Å². The van der Waals surface area contributed by atoms with E-state index in [0.717, 1.165) is 25.7 Å². The summed E-state index contributed by atoms with van der Waals surface area (Å²) in [6.45, 7) is 3.21. The van der Waals surface area contributed by atoms with Crippen molar-refractivity contribution in [3.8, 4) is 0 Å². The molecule has 0 spiro atoms. The minimum absolute atomic E-state index is 0.511.